The van der Waals surface area contributed by atoms with E-state index in [-0.39, 0.29) is 37.0 Å². The van der Waals surface area contributed by atoms with E-state index in [4.69, 9.17) is 9.47 Å². The Bertz CT molecular complexity index is 499. The quantitative estimate of drug-likeness (QED) is 0.565. The van der Waals surface area contributed by atoms with E-state index in [1.54, 1.807) is 0 Å². The van der Waals surface area contributed by atoms with Crippen LogP contribution < -0.4 is 0 Å². The van der Waals surface area contributed by atoms with Crippen molar-refractivity contribution < 1.29 is 24.3 Å². The van der Waals surface area contributed by atoms with Crippen LogP contribution in [0.1, 0.15) is 93.9 Å². The van der Waals surface area contributed by atoms with Crippen LogP contribution in [0.2, 0.25) is 0 Å². The molecule has 0 aliphatic carbocycles. The summed E-state index contributed by atoms with van der Waals surface area (Å²) < 4.78 is 11.2. The molecule has 0 amide bonds. The van der Waals surface area contributed by atoms with Crippen molar-refractivity contribution in [2.45, 2.75) is 117 Å². The lowest BCUT2D eigenvalue weighted by Gasteiger charge is -2.50. The molecule has 164 valence electrons. The Balaban J connectivity index is 2.50. The molecule has 0 aromatic carbocycles. The van der Waals surface area contributed by atoms with Crippen molar-refractivity contribution in [2.24, 2.45) is 11.8 Å². The second-order valence-electron chi connectivity index (χ2n) is 10.3. The Labute approximate surface area is 170 Å². The molecule has 1 N–H and O–H groups in total. The minimum atomic E-state index is -0.480. The van der Waals surface area contributed by atoms with Crippen molar-refractivity contribution in [1.29, 1.82) is 0 Å². The van der Waals surface area contributed by atoms with Gasteiger partial charge in [0.1, 0.15) is 12.2 Å². The number of piperidine rings is 1. The van der Waals surface area contributed by atoms with Crippen LogP contribution in [0.25, 0.3) is 0 Å². The first-order valence-corrected chi connectivity index (χ1v) is 10.6. The van der Waals surface area contributed by atoms with Gasteiger partial charge in [-0.1, -0.05) is 27.7 Å². The molecule has 28 heavy (non-hydrogen) atoms. The molecule has 6 nitrogen and oxygen atoms in total. The molecular formula is C22H41NO5. The molecule has 6 heteroatoms. The van der Waals surface area contributed by atoms with Gasteiger partial charge in [0.25, 0.3) is 0 Å². The van der Waals surface area contributed by atoms with Crippen LogP contribution >= 0.6 is 0 Å². The van der Waals surface area contributed by atoms with Gasteiger partial charge in [0, 0.05) is 23.9 Å². The Kier molecular flexibility index (Phi) is 8.94. The Morgan fingerprint density at radius 2 is 1.36 bits per heavy atom. The van der Waals surface area contributed by atoms with Crippen molar-refractivity contribution in [2.75, 3.05) is 0 Å². The van der Waals surface area contributed by atoms with Gasteiger partial charge in [-0.15, -0.1) is 0 Å². The van der Waals surface area contributed by atoms with Crippen molar-refractivity contribution >= 4 is 11.9 Å². The summed E-state index contributed by atoms with van der Waals surface area (Å²) in [7, 11) is 0. The van der Waals surface area contributed by atoms with Gasteiger partial charge in [-0.25, -0.2) is 0 Å². The topological polar surface area (TPSA) is 76.1 Å². The maximum Gasteiger partial charge on any atom is 0.306 e. The number of carbonyl (C=O) groups is 2. The number of carbonyl (C=O) groups excluding carboxylic acids is 2. The third-order valence-corrected chi connectivity index (χ3v) is 5.20. The molecule has 1 aliphatic rings. The summed E-state index contributed by atoms with van der Waals surface area (Å²) >= 11 is 0. The van der Waals surface area contributed by atoms with Crippen LogP contribution in [0.3, 0.4) is 0 Å². The van der Waals surface area contributed by atoms with Crippen LogP contribution in [-0.2, 0) is 19.1 Å². The first-order valence-electron chi connectivity index (χ1n) is 10.6. The lowest BCUT2D eigenvalue weighted by atomic mass is 9.80. The maximum atomic E-state index is 12.3. The van der Waals surface area contributed by atoms with Crippen LogP contribution in [0.5, 0.6) is 0 Å². The first-order chi connectivity index (χ1) is 12.7. The number of nitrogens with zero attached hydrogens (tertiary/aromatic N) is 1. The zero-order chi connectivity index (χ0) is 21.7. The summed E-state index contributed by atoms with van der Waals surface area (Å²) in [4.78, 5) is 24.4. The highest BCUT2D eigenvalue weighted by molar-refractivity contribution is 5.77. The van der Waals surface area contributed by atoms with Gasteiger partial charge in [-0.2, -0.15) is 5.06 Å². The fourth-order valence-corrected chi connectivity index (χ4v) is 4.20. The molecule has 0 unspecified atom stereocenters. The highest BCUT2D eigenvalue weighted by atomic mass is 16.6. The third-order valence-electron chi connectivity index (χ3n) is 5.20. The van der Waals surface area contributed by atoms with Crippen LogP contribution in [0.15, 0.2) is 0 Å². The highest BCUT2D eigenvalue weighted by Crippen LogP contribution is 2.38. The molecule has 0 aromatic rings. The molecule has 1 rings (SSSR count). The van der Waals surface area contributed by atoms with Gasteiger partial charge < -0.3 is 14.7 Å². The van der Waals surface area contributed by atoms with Crippen LogP contribution in [0, 0.1) is 11.8 Å². The summed E-state index contributed by atoms with van der Waals surface area (Å²) in [6, 6.07) is 0. The predicted molar refractivity (Wildman–Crippen MR) is 109 cm³/mol. The lowest BCUT2D eigenvalue weighted by Crippen LogP contribution is -2.60. The number of hydroxylamine groups is 2. The molecule has 1 heterocycles. The summed E-state index contributed by atoms with van der Waals surface area (Å²) in [5.74, 6) is 0.175. The van der Waals surface area contributed by atoms with E-state index in [2.05, 4.69) is 27.7 Å². The molecule has 1 fully saturated rings. The zero-order valence-corrected chi connectivity index (χ0v) is 19.1. The highest BCUT2D eigenvalue weighted by Gasteiger charge is 2.46. The van der Waals surface area contributed by atoms with Crippen molar-refractivity contribution in [3.63, 3.8) is 0 Å². The van der Waals surface area contributed by atoms with E-state index in [0.717, 1.165) is 12.8 Å². The van der Waals surface area contributed by atoms with Crippen molar-refractivity contribution in [1.82, 2.24) is 5.06 Å². The zero-order valence-electron chi connectivity index (χ0n) is 19.1. The Morgan fingerprint density at radius 1 is 0.929 bits per heavy atom. The number of hydrogen-bond donors (Lipinski definition) is 1. The Morgan fingerprint density at radius 3 is 1.79 bits per heavy atom. The first kappa shape index (κ1) is 24.9. The number of ether oxygens (including phenoxy) is 2. The second kappa shape index (κ2) is 10.1. The smallest absolute Gasteiger partial charge is 0.306 e. The van der Waals surface area contributed by atoms with E-state index in [1.165, 1.54) is 5.06 Å². The maximum absolute atomic E-state index is 12.3. The monoisotopic (exact) mass is 399 g/mol. The molecule has 0 spiro atoms. The minimum absolute atomic E-state index is 0.0229. The summed E-state index contributed by atoms with van der Waals surface area (Å²) in [5.41, 5.74) is -0.959. The Hall–Kier alpha value is -1.14. The van der Waals surface area contributed by atoms with E-state index in [0.29, 0.717) is 24.7 Å². The molecule has 0 aromatic heterocycles. The van der Waals surface area contributed by atoms with Gasteiger partial charge >= 0.3 is 11.9 Å². The molecule has 0 bridgehead atoms. The second-order valence-corrected chi connectivity index (χ2v) is 10.3. The normalized spacial score (nSPS) is 20.0. The number of rotatable bonds is 9. The summed E-state index contributed by atoms with van der Waals surface area (Å²) in [5, 5.41) is 11.7. The number of hydrogen-bond acceptors (Lipinski definition) is 6. The third kappa shape index (κ3) is 8.08. The SMILES string of the molecule is CC(C)CC(CC(C)C)OC(=O)CCC(=O)OC1CC(C)(C)N(O)C(C)(C)C1. The molecule has 1 saturated heterocycles. The van der Waals surface area contributed by atoms with Crippen molar-refractivity contribution in [3.8, 4) is 0 Å². The average molecular weight is 400 g/mol. The van der Waals surface area contributed by atoms with Gasteiger partial charge in [0.05, 0.1) is 12.8 Å². The van der Waals surface area contributed by atoms with E-state index >= 15 is 0 Å². The standard InChI is InChI=1S/C22H41NO5/c1-15(2)11-17(12-16(3)4)27-19(24)9-10-20(25)28-18-13-21(5,6)23(26)22(7,8)14-18/h15-18,26H,9-14H2,1-8H3. The van der Waals surface area contributed by atoms with Gasteiger partial charge in [-0.3, -0.25) is 9.59 Å². The largest absolute Gasteiger partial charge is 0.462 e. The van der Waals surface area contributed by atoms with Gasteiger partial charge in [0.2, 0.25) is 0 Å². The molecule has 0 radical (unpaired) electrons. The fraction of sp³-hybridized carbons (Fsp3) is 0.909. The predicted octanol–water partition coefficient (Wildman–Crippen LogP) is 4.72. The molecular weight excluding hydrogens is 358 g/mol. The summed E-state index contributed by atoms with van der Waals surface area (Å²) in [6.45, 7) is 16.1. The average Bonchev–Trinajstić information content (AvgIpc) is 2.48. The van der Waals surface area contributed by atoms with Crippen molar-refractivity contribution in [3.05, 3.63) is 0 Å². The number of esters is 2. The van der Waals surface area contributed by atoms with Crippen LogP contribution in [0.4, 0.5) is 0 Å². The minimum Gasteiger partial charge on any atom is -0.462 e. The molecule has 1 aliphatic heterocycles. The van der Waals surface area contributed by atoms with E-state index in [9.17, 15) is 14.8 Å². The molecule has 0 atom stereocenters. The fourth-order valence-electron chi connectivity index (χ4n) is 4.20. The summed E-state index contributed by atoms with van der Waals surface area (Å²) in [6.07, 6.45) is 2.45. The van der Waals surface area contributed by atoms with E-state index in [1.807, 2.05) is 27.7 Å². The van der Waals surface area contributed by atoms with E-state index < -0.39 is 11.1 Å². The van der Waals surface area contributed by atoms with Gasteiger partial charge in [0.15, 0.2) is 0 Å². The molecule has 0 saturated carbocycles. The lowest BCUT2D eigenvalue weighted by molar-refractivity contribution is -0.259. The van der Waals surface area contributed by atoms with Crippen LogP contribution in [-0.4, -0.2) is 45.5 Å². The van der Waals surface area contributed by atoms with Gasteiger partial charge in [-0.05, 0) is 52.4 Å².